The van der Waals surface area contributed by atoms with Gasteiger partial charge in [-0.2, -0.15) is 0 Å². The lowest BCUT2D eigenvalue weighted by atomic mass is 9.98. The molecule has 0 aromatic carbocycles. The molecule has 0 radical (unpaired) electrons. The fourth-order valence-corrected chi connectivity index (χ4v) is 4.76. The number of nitrogens with zero attached hydrogens (tertiary/aromatic N) is 1. The minimum Gasteiger partial charge on any atom is -0.338 e. The van der Waals surface area contributed by atoms with Gasteiger partial charge in [0.25, 0.3) is 5.91 Å². The van der Waals surface area contributed by atoms with E-state index in [2.05, 4.69) is 25.2 Å². The second-order valence-corrected chi connectivity index (χ2v) is 7.48. The van der Waals surface area contributed by atoms with Crippen molar-refractivity contribution < 1.29 is 4.79 Å². The summed E-state index contributed by atoms with van der Waals surface area (Å²) >= 11 is 1.65. The summed E-state index contributed by atoms with van der Waals surface area (Å²) in [6.07, 6.45) is 5.80. The number of rotatable bonds is 3. The Bertz CT molecular complexity index is 504. The molecule has 0 spiro atoms. The van der Waals surface area contributed by atoms with Crippen LogP contribution in [0, 0.1) is 6.92 Å². The molecular weight excluding hydrogens is 304 g/mol. The Morgan fingerprint density at radius 1 is 1.38 bits per heavy atom. The van der Waals surface area contributed by atoms with Gasteiger partial charge in [0.1, 0.15) is 0 Å². The Kier molecular flexibility index (Phi) is 5.33. The van der Waals surface area contributed by atoms with E-state index in [1.165, 1.54) is 23.3 Å². The van der Waals surface area contributed by atoms with Crippen LogP contribution in [0.15, 0.2) is 6.07 Å². The molecule has 2 aliphatic rings. The molecular formula is C16H25ClN2OS. The summed E-state index contributed by atoms with van der Waals surface area (Å²) in [5.74, 6) is 0.212. The molecule has 1 aromatic heterocycles. The van der Waals surface area contributed by atoms with Gasteiger partial charge in [0, 0.05) is 30.1 Å². The molecule has 3 heterocycles. The average Bonchev–Trinajstić information content (AvgIpc) is 2.99. The number of piperidine rings is 1. The molecule has 2 saturated heterocycles. The molecule has 3 nitrogen and oxygen atoms in total. The van der Waals surface area contributed by atoms with Crippen LogP contribution in [0.25, 0.3) is 0 Å². The number of hydrogen-bond donors (Lipinski definition) is 1. The minimum absolute atomic E-state index is 0. The number of nitrogens with one attached hydrogen (secondary N) is 1. The van der Waals surface area contributed by atoms with Gasteiger partial charge in [-0.15, -0.1) is 23.7 Å². The van der Waals surface area contributed by atoms with Crippen LogP contribution in [0.4, 0.5) is 0 Å². The molecule has 2 atom stereocenters. The molecule has 2 bridgehead atoms. The zero-order valence-corrected chi connectivity index (χ0v) is 14.6. The second-order valence-electron chi connectivity index (χ2n) is 6.22. The van der Waals surface area contributed by atoms with Crippen molar-refractivity contribution in [2.24, 2.45) is 0 Å². The monoisotopic (exact) mass is 328 g/mol. The number of carbonyl (C=O) groups excluding carboxylic acids is 1. The number of fused-ring (bicyclic) bond motifs is 2. The zero-order chi connectivity index (χ0) is 14.3. The number of hydrogen-bond acceptors (Lipinski definition) is 3. The van der Waals surface area contributed by atoms with Crippen molar-refractivity contribution in [2.75, 3.05) is 7.05 Å². The van der Waals surface area contributed by atoms with Gasteiger partial charge in [0.05, 0.1) is 4.88 Å². The van der Waals surface area contributed by atoms with E-state index in [1.807, 2.05) is 11.9 Å². The molecule has 2 fully saturated rings. The molecule has 2 aliphatic heterocycles. The summed E-state index contributed by atoms with van der Waals surface area (Å²) in [7, 11) is 1.98. The van der Waals surface area contributed by atoms with Crippen molar-refractivity contribution in [3.63, 3.8) is 0 Å². The van der Waals surface area contributed by atoms with Gasteiger partial charge in [-0.25, -0.2) is 0 Å². The van der Waals surface area contributed by atoms with E-state index >= 15 is 0 Å². The van der Waals surface area contributed by atoms with Crippen LogP contribution in [0.1, 0.15) is 52.7 Å². The summed E-state index contributed by atoms with van der Waals surface area (Å²) in [4.78, 5) is 16.9. The van der Waals surface area contributed by atoms with Gasteiger partial charge in [-0.05, 0) is 50.7 Å². The molecule has 1 N–H and O–H groups in total. The first-order valence-corrected chi connectivity index (χ1v) is 8.52. The molecule has 0 saturated carbocycles. The maximum absolute atomic E-state index is 12.7. The molecule has 3 rings (SSSR count). The lowest BCUT2D eigenvalue weighted by Crippen LogP contribution is -2.48. The van der Waals surface area contributed by atoms with Crippen molar-refractivity contribution in [3.8, 4) is 0 Å². The predicted octanol–water partition coefficient (Wildman–Crippen LogP) is 3.40. The van der Waals surface area contributed by atoms with E-state index < -0.39 is 0 Å². The van der Waals surface area contributed by atoms with E-state index in [0.29, 0.717) is 18.1 Å². The second kappa shape index (κ2) is 6.67. The van der Waals surface area contributed by atoms with Crippen LogP contribution < -0.4 is 5.32 Å². The first kappa shape index (κ1) is 16.8. The smallest absolute Gasteiger partial charge is 0.263 e. The lowest BCUT2D eigenvalue weighted by Gasteiger charge is -2.35. The van der Waals surface area contributed by atoms with Crippen LogP contribution in [-0.2, 0) is 6.42 Å². The van der Waals surface area contributed by atoms with Gasteiger partial charge in [-0.1, -0.05) is 6.92 Å². The van der Waals surface area contributed by atoms with Crippen molar-refractivity contribution in [3.05, 3.63) is 21.4 Å². The zero-order valence-electron chi connectivity index (χ0n) is 13.0. The van der Waals surface area contributed by atoms with Crippen LogP contribution in [-0.4, -0.2) is 36.0 Å². The Morgan fingerprint density at radius 3 is 2.52 bits per heavy atom. The SMILES string of the molecule is CCc1cc(C(=O)N(C)C2CC3CCC(C2)N3)sc1C.Cl. The first-order chi connectivity index (χ1) is 9.58. The van der Waals surface area contributed by atoms with Crippen LogP contribution >= 0.6 is 23.7 Å². The Balaban J connectivity index is 0.00000161. The number of halogens is 1. The highest BCUT2D eigenvalue weighted by Gasteiger charge is 2.36. The maximum Gasteiger partial charge on any atom is 0.263 e. The summed E-state index contributed by atoms with van der Waals surface area (Å²) in [6, 6.07) is 3.76. The van der Waals surface area contributed by atoms with Crippen LogP contribution in [0.5, 0.6) is 0 Å². The molecule has 2 unspecified atom stereocenters. The fraction of sp³-hybridized carbons (Fsp3) is 0.688. The van der Waals surface area contributed by atoms with Gasteiger partial charge in [0.15, 0.2) is 0 Å². The minimum atomic E-state index is 0. The summed E-state index contributed by atoms with van der Waals surface area (Å²) in [5.41, 5.74) is 1.32. The summed E-state index contributed by atoms with van der Waals surface area (Å²) in [5, 5.41) is 3.64. The molecule has 0 aliphatic carbocycles. The summed E-state index contributed by atoms with van der Waals surface area (Å²) in [6.45, 7) is 4.27. The highest BCUT2D eigenvalue weighted by molar-refractivity contribution is 7.14. The normalized spacial score (nSPS) is 27.3. The van der Waals surface area contributed by atoms with Crippen molar-refractivity contribution in [1.29, 1.82) is 0 Å². The van der Waals surface area contributed by atoms with E-state index in [1.54, 1.807) is 11.3 Å². The average molecular weight is 329 g/mol. The van der Waals surface area contributed by atoms with E-state index in [0.717, 1.165) is 24.1 Å². The Hall–Kier alpha value is -0.580. The third-order valence-electron chi connectivity index (χ3n) is 4.93. The highest BCUT2D eigenvalue weighted by atomic mass is 35.5. The molecule has 5 heteroatoms. The predicted molar refractivity (Wildman–Crippen MR) is 90.7 cm³/mol. The number of thiophene rings is 1. The fourth-order valence-electron chi connectivity index (χ4n) is 3.66. The molecule has 1 amide bonds. The highest BCUT2D eigenvalue weighted by Crippen LogP contribution is 2.31. The summed E-state index contributed by atoms with van der Waals surface area (Å²) < 4.78 is 0. The molecule has 21 heavy (non-hydrogen) atoms. The largest absolute Gasteiger partial charge is 0.338 e. The number of carbonyl (C=O) groups is 1. The van der Waals surface area contributed by atoms with E-state index in [9.17, 15) is 4.79 Å². The first-order valence-electron chi connectivity index (χ1n) is 7.71. The van der Waals surface area contributed by atoms with Gasteiger partial charge < -0.3 is 10.2 Å². The van der Waals surface area contributed by atoms with E-state index in [4.69, 9.17) is 0 Å². The van der Waals surface area contributed by atoms with Gasteiger partial charge in [0.2, 0.25) is 0 Å². The van der Waals surface area contributed by atoms with E-state index in [-0.39, 0.29) is 18.3 Å². The van der Waals surface area contributed by atoms with Gasteiger partial charge >= 0.3 is 0 Å². The van der Waals surface area contributed by atoms with Crippen LogP contribution in [0.3, 0.4) is 0 Å². The maximum atomic E-state index is 12.7. The quantitative estimate of drug-likeness (QED) is 0.922. The number of amides is 1. The third kappa shape index (κ3) is 3.27. The molecule has 118 valence electrons. The van der Waals surface area contributed by atoms with Crippen molar-refractivity contribution in [1.82, 2.24) is 10.2 Å². The van der Waals surface area contributed by atoms with Crippen molar-refractivity contribution in [2.45, 2.75) is 64.1 Å². The Morgan fingerprint density at radius 2 is 2.00 bits per heavy atom. The van der Waals surface area contributed by atoms with Crippen molar-refractivity contribution >= 4 is 29.7 Å². The number of aryl methyl sites for hydroxylation is 2. The third-order valence-corrected chi connectivity index (χ3v) is 6.01. The van der Waals surface area contributed by atoms with Gasteiger partial charge in [-0.3, -0.25) is 4.79 Å². The topological polar surface area (TPSA) is 32.3 Å². The lowest BCUT2D eigenvalue weighted by molar-refractivity contribution is 0.0686. The van der Waals surface area contributed by atoms with Crippen LogP contribution in [0.2, 0.25) is 0 Å². The Labute approximate surface area is 137 Å². The molecule has 1 aromatic rings. The standard InChI is InChI=1S/C16H24N2OS.ClH/c1-4-11-7-15(20-10(11)2)16(19)18(3)14-8-12-5-6-13(9-14)17-12;/h7,12-14,17H,4-6,8-9H2,1-3H3;1H.